The highest BCUT2D eigenvalue weighted by molar-refractivity contribution is 6.11. The zero-order chi connectivity index (χ0) is 13.4. The quantitative estimate of drug-likeness (QED) is 0.451. The molecule has 4 nitrogen and oxygen atoms in total. The van der Waals surface area contributed by atoms with Crippen molar-refractivity contribution in [1.82, 2.24) is 4.90 Å². The van der Waals surface area contributed by atoms with Crippen molar-refractivity contribution < 1.29 is 9.84 Å². The van der Waals surface area contributed by atoms with Crippen molar-refractivity contribution in [3.63, 3.8) is 0 Å². The number of aliphatic imine (C=N–C) groups is 1. The number of allylic oxidation sites excluding steroid dienone is 1. The fraction of sp³-hybridized carbons (Fsp3) is 0.786. The topological polar surface area (TPSA) is 45.1 Å². The van der Waals surface area contributed by atoms with Gasteiger partial charge in [-0.2, -0.15) is 0 Å². The monoisotopic (exact) mass is 260 g/mol. The molecule has 19 heavy (non-hydrogen) atoms. The molecular weight excluding hydrogens is 239 g/mol. The number of rotatable bonds is 5. The molecule has 1 aliphatic heterocycles. The molecule has 0 saturated heterocycles. The van der Waals surface area contributed by atoms with Crippen LogP contribution < -0.4 is 0 Å². The van der Waals surface area contributed by atoms with Gasteiger partial charge in [0.1, 0.15) is 12.4 Å². The fourth-order valence-corrected chi connectivity index (χ4v) is 3.45. The van der Waals surface area contributed by atoms with E-state index in [4.69, 9.17) is 12.6 Å². The molecular formula is C14H21BN2O2. The van der Waals surface area contributed by atoms with Crippen molar-refractivity contribution in [2.75, 3.05) is 26.4 Å². The van der Waals surface area contributed by atoms with Crippen molar-refractivity contribution in [2.24, 2.45) is 10.9 Å². The second-order valence-electron chi connectivity index (χ2n) is 5.57. The van der Waals surface area contributed by atoms with E-state index in [0.717, 1.165) is 31.8 Å². The molecule has 0 amide bonds. The molecule has 1 N–H and O–H groups in total. The maximum Gasteiger partial charge on any atom is 0.126 e. The van der Waals surface area contributed by atoms with Crippen LogP contribution in [-0.4, -0.2) is 62.1 Å². The van der Waals surface area contributed by atoms with Crippen LogP contribution >= 0.6 is 0 Å². The highest BCUT2D eigenvalue weighted by Gasteiger charge is 2.55. The first kappa shape index (κ1) is 13.2. The Morgan fingerprint density at radius 3 is 3.16 bits per heavy atom. The van der Waals surface area contributed by atoms with Crippen LogP contribution in [0.5, 0.6) is 0 Å². The fourth-order valence-electron chi connectivity index (χ4n) is 3.45. The van der Waals surface area contributed by atoms with E-state index in [2.05, 4.69) is 16.0 Å². The van der Waals surface area contributed by atoms with Crippen LogP contribution in [0.25, 0.3) is 0 Å². The van der Waals surface area contributed by atoms with Crippen LogP contribution in [0.1, 0.15) is 19.8 Å². The Balaban J connectivity index is 1.79. The highest BCUT2D eigenvalue weighted by atomic mass is 16.5. The van der Waals surface area contributed by atoms with E-state index >= 15 is 0 Å². The van der Waals surface area contributed by atoms with Gasteiger partial charge >= 0.3 is 0 Å². The van der Waals surface area contributed by atoms with E-state index in [0.29, 0.717) is 24.6 Å². The van der Waals surface area contributed by atoms with Crippen LogP contribution in [0.2, 0.25) is 5.82 Å². The lowest BCUT2D eigenvalue weighted by atomic mass is 9.79. The molecule has 1 unspecified atom stereocenters. The Morgan fingerprint density at radius 1 is 1.58 bits per heavy atom. The molecule has 3 rings (SSSR count). The number of hydrogen-bond donors (Lipinski definition) is 1. The predicted molar refractivity (Wildman–Crippen MR) is 75.6 cm³/mol. The van der Waals surface area contributed by atoms with E-state index < -0.39 is 0 Å². The van der Waals surface area contributed by atoms with Gasteiger partial charge in [0, 0.05) is 25.1 Å². The third kappa shape index (κ3) is 2.34. The van der Waals surface area contributed by atoms with Gasteiger partial charge in [-0.1, -0.05) is 11.9 Å². The molecule has 4 atom stereocenters. The summed E-state index contributed by atoms with van der Waals surface area (Å²) in [6.07, 6.45) is 4.21. The summed E-state index contributed by atoms with van der Waals surface area (Å²) in [7, 11) is 6.15. The van der Waals surface area contributed by atoms with Gasteiger partial charge in [0.05, 0.1) is 20.5 Å². The number of aliphatic hydroxyl groups is 1. The predicted octanol–water partition coefficient (Wildman–Crippen LogP) is 0.773. The van der Waals surface area contributed by atoms with Crippen LogP contribution in [0.4, 0.5) is 0 Å². The minimum absolute atomic E-state index is 0.00830. The minimum atomic E-state index is 0.00830. The molecule has 5 heteroatoms. The Bertz CT molecular complexity index is 410. The molecule has 102 valence electrons. The summed E-state index contributed by atoms with van der Waals surface area (Å²) in [5, 5.41) is 9.55. The van der Waals surface area contributed by atoms with E-state index in [1.54, 1.807) is 0 Å². The maximum atomic E-state index is 9.55. The molecule has 0 aromatic rings. The van der Waals surface area contributed by atoms with Crippen molar-refractivity contribution in [3.8, 4) is 0 Å². The van der Waals surface area contributed by atoms with Gasteiger partial charge in [-0.3, -0.25) is 4.99 Å². The zero-order valence-electron chi connectivity index (χ0n) is 11.5. The Labute approximate surface area is 115 Å². The van der Waals surface area contributed by atoms with Gasteiger partial charge < -0.3 is 14.7 Å². The minimum Gasteiger partial charge on any atom is -0.388 e. The van der Waals surface area contributed by atoms with Crippen molar-refractivity contribution in [1.29, 1.82) is 0 Å². The smallest absolute Gasteiger partial charge is 0.126 e. The second kappa shape index (κ2) is 5.29. The summed E-state index contributed by atoms with van der Waals surface area (Å²) in [6, 6.07) is 0.719. The summed E-state index contributed by atoms with van der Waals surface area (Å²) in [5.74, 6) is 1.56. The van der Waals surface area contributed by atoms with Crippen molar-refractivity contribution >= 4 is 13.7 Å². The summed E-state index contributed by atoms with van der Waals surface area (Å²) >= 11 is 0. The number of ether oxygens (including phenoxy) is 1. The van der Waals surface area contributed by atoms with Crippen molar-refractivity contribution in [2.45, 2.75) is 37.7 Å². The summed E-state index contributed by atoms with van der Waals surface area (Å²) in [6.45, 7) is 4.20. The molecule has 3 aliphatic rings. The Kier molecular flexibility index (Phi) is 3.67. The first-order chi connectivity index (χ1) is 9.26. The van der Waals surface area contributed by atoms with Gasteiger partial charge in [0.2, 0.25) is 0 Å². The first-order valence-corrected chi connectivity index (χ1v) is 7.23. The lowest BCUT2D eigenvalue weighted by Gasteiger charge is -2.37. The van der Waals surface area contributed by atoms with Gasteiger partial charge in [0.25, 0.3) is 0 Å². The molecule has 0 aromatic heterocycles. The molecule has 0 spiro atoms. The van der Waals surface area contributed by atoms with Crippen LogP contribution in [0.3, 0.4) is 0 Å². The van der Waals surface area contributed by atoms with E-state index in [-0.39, 0.29) is 12.4 Å². The summed E-state index contributed by atoms with van der Waals surface area (Å²) in [4.78, 5) is 6.90. The highest BCUT2D eigenvalue weighted by Crippen LogP contribution is 2.52. The number of fused-ring (bicyclic) bond motifs is 1. The van der Waals surface area contributed by atoms with Gasteiger partial charge in [0.15, 0.2) is 0 Å². The third-order valence-corrected chi connectivity index (χ3v) is 4.41. The summed E-state index contributed by atoms with van der Waals surface area (Å²) in [5.41, 5.74) is 1.43. The van der Waals surface area contributed by atoms with Gasteiger partial charge in [-0.25, -0.2) is 0 Å². The van der Waals surface area contributed by atoms with Gasteiger partial charge in [-0.15, -0.1) is 0 Å². The molecule has 2 aliphatic carbocycles. The SMILES string of the molecule is [B][C@@H]1CC=C2C3[C@@H](C1)N(CCOCC)C(CO)=N[C@@H]23. The summed E-state index contributed by atoms with van der Waals surface area (Å²) < 4.78 is 5.45. The molecule has 0 bridgehead atoms. The normalized spacial score (nSPS) is 36.2. The number of amidine groups is 1. The first-order valence-electron chi connectivity index (χ1n) is 7.23. The lowest BCUT2D eigenvalue weighted by Crippen LogP contribution is -2.48. The lowest BCUT2D eigenvalue weighted by molar-refractivity contribution is 0.112. The number of aliphatic hydroxyl groups excluding tert-OH is 1. The average Bonchev–Trinajstić information content (AvgIpc) is 3.13. The third-order valence-electron chi connectivity index (χ3n) is 4.41. The van der Waals surface area contributed by atoms with Crippen LogP contribution in [0, 0.1) is 5.92 Å². The molecule has 2 radical (unpaired) electrons. The Morgan fingerprint density at radius 2 is 2.42 bits per heavy atom. The molecule has 1 fully saturated rings. The average molecular weight is 260 g/mol. The zero-order valence-corrected chi connectivity index (χ0v) is 11.5. The number of hydrogen-bond acceptors (Lipinski definition) is 4. The maximum absolute atomic E-state index is 9.55. The van der Waals surface area contributed by atoms with Gasteiger partial charge in [-0.05, 0) is 25.3 Å². The number of nitrogens with zero attached hydrogens (tertiary/aromatic N) is 2. The largest absolute Gasteiger partial charge is 0.388 e. The molecule has 1 heterocycles. The van der Waals surface area contributed by atoms with Crippen LogP contribution in [0.15, 0.2) is 16.6 Å². The Hall–Kier alpha value is -0.805. The van der Waals surface area contributed by atoms with Crippen molar-refractivity contribution in [3.05, 3.63) is 11.6 Å². The second-order valence-corrected chi connectivity index (χ2v) is 5.57. The van der Waals surface area contributed by atoms with Crippen LogP contribution in [-0.2, 0) is 4.74 Å². The standard InChI is InChI=1S/C14H21BN2O2/c1-2-19-6-5-17-11-7-9(15)3-4-10-13(11)14(10)16-12(17)8-18/h4,9,11,13-14,18H,2-3,5-8H2,1H3/t9-,11-,13?,14+/m1/s1. The van der Waals surface area contributed by atoms with E-state index in [9.17, 15) is 5.11 Å². The molecule has 0 aromatic carbocycles. The van der Waals surface area contributed by atoms with E-state index in [1.807, 2.05) is 6.92 Å². The molecule has 1 saturated carbocycles. The van der Waals surface area contributed by atoms with E-state index in [1.165, 1.54) is 5.57 Å².